The van der Waals surface area contributed by atoms with E-state index in [9.17, 15) is 4.79 Å². The number of rotatable bonds is 3. The van der Waals surface area contributed by atoms with Gasteiger partial charge in [0.2, 0.25) is 5.91 Å². The molecule has 0 bridgehead atoms. The number of hydrogen-bond donors (Lipinski definition) is 2. The highest BCUT2D eigenvalue weighted by Crippen LogP contribution is 2.31. The predicted molar refractivity (Wildman–Crippen MR) is 102 cm³/mol. The lowest BCUT2D eigenvalue weighted by atomic mass is 10.0. The lowest BCUT2D eigenvalue weighted by Crippen LogP contribution is -2.45. The lowest BCUT2D eigenvalue weighted by Gasteiger charge is -2.28. The average Bonchev–Trinajstić information content (AvgIpc) is 2.61. The third-order valence-electron chi connectivity index (χ3n) is 4.01. The summed E-state index contributed by atoms with van der Waals surface area (Å²) in [4.78, 5) is 18.3. The molecule has 2 aliphatic rings. The van der Waals surface area contributed by atoms with Crippen LogP contribution in [0.5, 0.6) is 5.75 Å². The minimum absolute atomic E-state index is 0. The van der Waals surface area contributed by atoms with Crippen molar-refractivity contribution in [1.29, 1.82) is 0 Å². The van der Waals surface area contributed by atoms with Crippen molar-refractivity contribution in [2.75, 3.05) is 39.5 Å². The summed E-state index contributed by atoms with van der Waals surface area (Å²) < 4.78 is 10.9. The van der Waals surface area contributed by atoms with Crippen LogP contribution in [0.25, 0.3) is 0 Å². The summed E-state index contributed by atoms with van der Waals surface area (Å²) in [6.45, 7) is 3.33. The number of carbonyl (C=O) groups excluding carboxylic acids is 1. The Labute approximate surface area is 158 Å². The zero-order valence-electron chi connectivity index (χ0n) is 13.4. The van der Waals surface area contributed by atoms with E-state index in [1.807, 2.05) is 29.2 Å². The smallest absolute Gasteiger partial charge is 0.242 e. The normalized spacial score (nSPS) is 20.4. The highest BCUT2D eigenvalue weighted by atomic mass is 127. The lowest BCUT2D eigenvalue weighted by molar-refractivity contribution is -0.120. The monoisotopic (exact) mass is 446 g/mol. The number of nitrogens with zero attached hydrogens (tertiary/aromatic N) is 2. The Morgan fingerprint density at radius 1 is 1.29 bits per heavy atom. The van der Waals surface area contributed by atoms with Crippen LogP contribution in [0.1, 0.15) is 18.0 Å². The number of benzene rings is 1. The Bertz CT molecular complexity index is 590. The number of nitrogens with one attached hydrogen (secondary N) is 1. The minimum Gasteiger partial charge on any atom is -0.493 e. The quantitative estimate of drug-likeness (QED) is 0.409. The van der Waals surface area contributed by atoms with Gasteiger partial charge in [0, 0.05) is 25.1 Å². The summed E-state index contributed by atoms with van der Waals surface area (Å²) in [5.41, 5.74) is 6.94. The Balaban J connectivity index is 0.00000208. The molecule has 1 amide bonds. The third-order valence-corrected chi connectivity index (χ3v) is 4.01. The van der Waals surface area contributed by atoms with E-state index in [0.717, 1.165) is 17.7 Å². The topological polar surface area (TPSA) is 89.2 Å². The molecular formula is C16H23IN4O3. The second-order valence-electron chi connectivity index (χ2n) is 5.57. The summed E-state index contributed by atoms with van der Waals surface area (Å²) in [7, 11) is 0. The van der Waals surface area contributed by atoms with Gasteiger partial charge < -0.3 is 25.4 Å². The summed E-state index contributed by atoms with van der Waals surface area (Å²) in [5, 5.41) is 3.01. The number of nitrogens with two attached hydrogens (primary N) is 1. The van der Waals surface area contributed by atoms with Crippen LogP contribution in [0.2, 0.25) is 0 Å². The molecule has 0 saturated carbocycles. The Kier molecular flexibility index (Phi) is 7.10. The summed E-state index contributed by atoms with van der Waals surface area (Å²) in [6.07, 6.45) is 0.755. The molecule has 0 radical (unpaired) electrons. The predicted octanol–water partition coefficient (Wildman–Crippen LogP) is 0.891. The number of halogens is 1. The Hall–Kier alpha value is -1.55. The van der Waals surface area contributed by atoms with E-state index >= 15 is 0 Å². The number of morpholine rings is 1. The van der Waals surface area contributed by atoms with Gasteiger partial charge in [-0.05, 0) is 6.07 Å². The molecule has 7 nitrogen and oxygen atoms in total. The number of ether oxygens (including phenoxy) is 2. The van der Waals surface area contributed by atoms with E-state index < -0.39 is 0 Å². The van der Waals surface area contributed by atoms with Gasteiger partial charge in [0.25, 0.3) is 0 Å². The summed E-state index contributed by atoms with van der Waals surface area (Å²) in [6, 6.07) is 7.73. The van der Waals surface area contributed by atoms with Crippen LogP contribution in [0.15, 0.2) is 29.3 Å². The van der Waals surface area contributed by atoms with Crippen LogP contribution in [-0.2, 0) is 9.53 Å². The highest BCUT2D eigenvalue weighted by molar-refractivity contribution is 14.0. The maximum absolute atomic E-state index is 12.2. The van der Waals surface area contributed by atoms with Gasteiger partial charge in [0.05, 0.1) is 25.9 Å². The molecule has 24 heavy (non-hydrogen) atoms. The fourth-order valence-corrected chi connectivity index (χ4v) is 2.78. The molecule has 0 spiro atoms. The average molecular weight is 446 g/mol. The zero-order valence-corrected chi connectivity index (χ0v) is 15.8. The van der Waals surface area contributed by atoms with Crippen molar-refractivity contribution in [3.63, 3.8) is 0 Å². The van der Waals surface area contributed by atoms with Gasteiger partial charge >= 0.3 is 0 Å². The second kappa shape index (κ2) is 9.07. The van der Waals surface area contributed by atoms with E-state index in [-0.39, 0.29) is 42.5 Å². The first-order valence-electron chi connectivity index (χ1n) is 7.88. The van der Waals surface area contributed by atoms with Crippen molar-refractivity contribution < 1.29 is 14.3 Å². The number of guanidine groups is 1. The fraction of sp³-hybridized carbons (Fsp3) is 0.500. The van der Waals surface area contributed by atoms with Crippen molar-refractivity contribution in [1.82, 2.24) is 10.2 Å². The van der Waals surface area contributed by atoms with Gasteiger partial charge in [0.1, 0.15) is 12.3 Å². The molecule has 0 aliphatic carbocycles. The van der Waals surface area contributed by atoms with Crippen molar-refractivity contribution in [3.8, 4) is 5.75 Å². The van der Waals surface area contributed by atoms with Gasteiger partial charge in [-0.2, -0.15) is 0 Å². The van der Waals surface area contributed by atoms with E-state index in [1.165, 1.54) is 0 Å². The van der Waals surface area contributed by atoms with Crippen molar-refractivity contribution in [2.45, 2.75) is 12.5 Å². The molecule has 2 heterocycles. The van der Waals surface area contributed by atoms with Crippen LogP contribution < -0.4 is 15.8 Å². The van der Waals surface area contributed by atoms with Gasteiger partial charge in [-0.1, -0.05) is 18.2 Å². The van der Waals surface area contributed by atoms with Crippen molar-refractivity contribution in [3.05, 3.63) is 29.8 Å². The summed E-state index contributed by atoms with van der Waals surface area (Å²) >= 11 is 0. The molecule has 3 N–H and O–H groups in total. The fourth-order valence-electron chi connectivity index (χ4n) is 2.78. The van der Waals surface area contributed by atoms with Gasteiger partial charge in [0.15, 0.2) is 5.96 Å². The van der Waals surface area contributed by atoms with Crippen LogP contribution in [0.4, 0.5) is 0 Å². The Morgan fingerprint density at radius 2 is 2.04 bits per heavy atom. The number of aliphatic imine (C=N–C) groups is 1. The van der Waals surface area contributed by atoms with E-state index in [2.05, 4.69) is 10.3 Å². The SMILES string of the molecule is I.NC(=NCC(=O)NC1CCOc2ccccc21)N1CCOCC1. The van der Waals surface area contributed by atoms with Crippen LogP contribution >= 0.6 is 24.0 Å². The Morgan fingerprint density at radius 3 is 2.83 bits per heavy atom. The van der Waals surface area contributed by atoms with Crippen LogP contribution in [0.3, 0.4) is 0 Å². The highest BCUT2D eigenvalue weighted by Gasteiger charge is 2.22. The molecule has 1 fully saturated rings. The molecular weight excluding hydrogens is 423 g/mol. The molecule has 1 saturated heterocycles. The minimum atomic E-state index is -0.136. The molecule has 8 heteroatoms. The molecule has 3 rings (SSSR count). The third kappa shape index (κ3) is 4.73. The molecule has 1 atom stereocenters. The first-order chi connectivity index (χ1) is 11.2. The molecule has 132 valence electrons. The second-order valence-corrected chi connectivity index (χ2v) is 5.57. The van der Waals surface area contributed by atoms with E-state index in [0.29, 0.717) is 38.9 Å². The number of hydrogen-bond acceptors (Lipinski definition) is 4. The summed E-state index contributed by atoms with van der Waals surface area (Å²) in [5.74, 6) is 1.10. The number of para-hydroxylation sites is 1. The maximum Gasteiger partial charge on any atom is 0.242 e. The van der Waals surface area contributed by atoms with Crippen LogP contribution in [-0.4, -0.2) is 56.2 Å². The standard InChI is InChI=1S/C16H22N4O3.HI/c17-16(20-6-9-22-10-7-20)18-11-15(21)19-13-5-8-23-14-4-2-1-3-12(13)14;/h1-4,13H,5-11H2,(H2,17,18)(H,19,21);1H. The molecule has 1 unspecified atom stereocenters. The van der Waals surface area contributed by atoms with E-state index in [4.69, 9.17) is 15.2 Å². The zero-order chi connectivity index (χ0) is 16.1. The first kappa shape index (κ1) is 18.8. The molecule has 2 aliphatic heterocycles. The molecule has 1 aromatic rings. The number of fused-ring (bicyclic) bond motifs is 1. The van der Waals surface area contributed by atoms with Crippen LogP contribution in [0, 0.1) is 0 Å². The van der Waals surface area contributed by atoms with Gasteiger partial charge in [-0.3, -0.25) is 4.79 Å². The maximum atomic E-state index is 12.2. The number of carbonyl (C=O) groups is 1. The van der Waals surface area contributed by atoms with Gasteiger partial charge in [-0.25, -0.2) is 4.99 Å². The number of amides is 1. The molecule has 0 aromatic heterocycles. The van der Waals surface area contributed by atoms with Gasteiger partial charge in [-0.15, -0.1) is 24.0 Å². The molecule has 1 aromatic carbocycles. The van der Waals surface area contributed by atoms with Crippen molar-refractivity contribution >= 4 is 35.8 Å². The van der Waals surface area contributed by atoms with E-state index in [1.54, 1.807) is 0 Å². The first-order valence-corrected chi connectivity index (χ1v) is 7.88. The largest absolute Gasteiger partial charge is 0.493 e. The van der Waals surface area contributed by atoms with Crippen molar-refractivity contribution in [2.24, 2.45) is 10.7 Å².